The summed E-state index contributed by atoms with van der Waals surface area (Å²) in [4.78, 5) is 39.0. The van der Waals surface area contributed by atoms with Crippen LogP contribution in [-0.2, 0) is 4.84 Å². The first kappa shape index (κ1) is 15.0. The number of hydrogen-bond acceptors (Lipinski definition) is 8. The fraction of sp³-hybridized carbons (Fsp3) is 0.286. The number of nitrogens with two attached hydrogens (primary N) is 2. The molecule has 0 fully saturated rings. The van der Waals surface area contributed by atoms with Gasteiger partial charge in [0.25, 0.3) is 11.8 Å². The highest BCUT2D eigenvalue weighted by atomic mass is 16.7. The quantitative estimate of drug-likeness (QED) is 0.747. The molecule has 1 aromatic carbocycles. The molecule has 2 amide bonds. The van der Waals surface area contributed by atoms with Gasteiger partial charge in [-0.25, -0.2) is 14.7 Å². The molecule has 9 nitrogen and oxygen atoms in total. The number of hydrogen-bond donors (Lipinski definition) is 2. The molecule has 1 aromatic rings. The summed E-state index contributed by atoms with van der Waals surface area (Å²) in [5.41, 5.74) is 11.1. The largest absolute Gasteiger partial charge is 0.368 e. The van der Waals surface area contributed by atoms with Crippen molar-refractivity contribution >= 4 is 23.7 Å². The average molecular weight is 316 g/mol. The Hall–Kier alpha value is -2.94. The molecule has 0 aliphatic carbocycles. The van der Waals surface area contributed by atoms with Gasteiger partial charge in [0.1, 0.15) is 0 Å². The molecule has 0 spiro atoms. The number of carbonyl (C=O) groups excluding carboxylic acids is 2. The number of imide groups is 1. The van der Waals surface area contributed by atoms with Crippen molar-refractivity contribution in [2.75, 3.05) is 6.73 Å². The molecule has 0 saturated heterocycles. The molecule has 0 atom stereocenters. The lowest BCUT2D eigenvalue weighted by Crippen LogP contribution is -2.55. The summed E-state index contributed by atoms with van der Waals surface area (Å²) < 4.78 is 0. The Kier molecular flexibility index (Phi) is 3.29. The van der Waals surface area contributed by atoms with Crippen LogP contribution in [0.5, 0.6) is 0 Å². The second-order valence-corrected chi connectivity index (χ2v) is 5.57. The molecular weight excluding hydrogens is 300 g/mol. The number of carbonyl (C=O) groups is 2. The third kappa shape index (κ3) is 2.40. The molecule has 2 aliphatic heterocycles. The minimum Gasteiger partial charge on any atom is -0.368 e. The van der Waals surface area contributed by atoms with Gasteiger partial charge in [0.05, 0.1) is 11.1 Å². The maximum atomic E-state index is 12.3. The van der Waals surface area contributed by atoms with Gasteiger partial charge < -0.3 is 11.5 Å². The number of nitrogens with zero attached hydrogens (tertiary/aromatic N) is 4. The van der Waals surface area contributed by atoms with E-state index in [-0.39, 0.29) is 18.6 Å². The molecule has 0 aromatic heterocycles. The van der Waals surface area contributed by atoms with Crippen molar-refractivity contribution in [1.82, 2.24) is 9.96 Å². The van der Waals surface area contributed by atoms with Gasteiger partial charge in [-0.1, -0.05) is 12.1 Å². The van der Waals surface area contributed by atoms with Crippen LogP contribution in [0.4, 0.5) is 0 Å². The Morgan fingerprint density at radius 1 is 1.13 bits per heavy atom. The first-order valence-corrected chi connectivity index (χ1v) is 6.89. The van der Waals surface area contributed by atoms with Gasteiger partial charge in [0.2, 0.25) is 11.9 Å². The topological polar surface area (TPSA) is 127 Å². The number of hydroxylamine groups is 2. The number of aliphatic imine (C=N–C) groups is 2. The van der Waals surface area contributed by atoms with E-state index < -0.39 is 17.5 Å². The number of fused-ring (bicyclic) bond motifs is 1. The zero-order chi connectivity index (χ0) is 16.8. The average Bonchev–Trinajstić information content (AvgIpc) is 2.70. The summed E-state index contributed by atoms with van der Waals surface area (Å²) in [6, 6.07) is 6.59. The van der Waals surface area contributed by atoms with Crippen LogP contribution in [0.15, 0.2) is 34.3 Å². The lowest BCUT2D eigenvalue weighted by molar-refractivity contribution is -0.176. The van der Waals surface area contributed by atoms with E-state index in [1.807, 2.05) is 0 Å². The summed E-state index contributed by atoms with van der Waals surface area (Å²) in [5.74, 6) is -0.801. The van der Waals surface area contributed by atoms with Gasteiger partial charge >= 0.3 is 0 Å². The van der Waals surface area contributed by atoms with Crippen LogP contribution in [0.1, 0.15) is 34.6 Å². The van der Waals surface area contributed by atoms with Crippen molar-refractivity contribution in [1.29, 1.82) is 0 Å². The Morgan fingerprint density at radius 2 is 1.70 bits per heavy atom. The number of benzene rings is 1. The van der Waals surface area contributed by atoms with E-state index >= 15 is 0 Å². The van der Waals surface area contributed by atoms with Gasteiger partial charge in [-0.05, 0) is 26.0 Å². The minimum absolute atomic E-state index is 0.000825. The second-order valence-electron chi connectivity index (χ2n) is 5.57. The molecule has 0 saturated carbocycles. The SMILES string of the molecule is CC1(C)N=C(N)N=C(N)N1OCN1C(=O)c2ccccc2C1=O. The lowest BCUT2D eigenvalue weighted by Gasteiger charge is -2.37. The zero-order valence-electron chi connectivity index (χ0n) is 12.7. The Balaban J connectivity index is 1.77. The van der Waals surface area contributed by atoms with Crippen molar-refractivity contribution in [3.63, 3.8) is 0 Å². The highest BCUT2D eigenvalue weighted by molar-refractivity contribution is 6.21. The van der Waals surface area contributed by atoms with Crippen molar-refractivity contribution in [2.24, 2.45) is 21.5 Å². The third-order valence-corrected chi connectivity index (χ3v) is 3.52. The van der Waals surface area contributed by atoms with E-state index in [1.54, 1.807) is 38.1 Å². The standard InChI is InChI=1S/C14H16N6O3/c1-14(2)18-12(15)17-13(16)20(14)23-7-19-10(21)8-5-3-4-6-9(8)11(19)22/h3-6H,7H2,1-2H3,(H4,15,16,17,18). The van der Waals surface area contributed by atoms with Gasteiger partial charge in [0, 0.05) is 0 Å². The van der Waals surface area contributed by atoms with Gasteiger partial charge in [-0.3, -0.25) is 9.59 Å². The summed E-state index contributed by atoms with van der Waals surface area (Å²) in [6.45, 7) is 3.12. The van der Waals surface area contributed by atoms with Gasteiger partial charge in [0.15, 0.2) is 12.4 Å². The zero-order valence-corrected chi connectivity index (χ0v) is 12.7. The summed E-state index contributed by atoms with van der Waals surface area (Å²) >= 11 is 0. The van der Waals surface area contributed by atoms with Crippen LogP contribution in [0.25, 0.3) is 0 Å². The fourth-order valence-corrected chi connectivity index (χ4v) is 2.49. The van der Waals surface area contributed by atoms with Crippen molar-refractivity contribution in [3.05, 3.63) is 35.4 Å². The molecule has 120 valence electrons. The molecule has 0 radical (unpaired) electrons. The molecule has 2 heterocycles. The van der Waals surface area contributed by atoms with E-state index in [0.717, 1.165) is 4.90 Å². The molecule has 9 heteroatoms. The summed E-state index contributed by atoms with van der Waals surface area (Å²) in [7, 11) is 0. The molecule has 3 rings (SSSR count). The van der Waals surface area contributed by atoms with Gasteiger partial charge in [-0.15, -0.1) is 0 Å². The summed E-state index contributed by atoms with van der Waals surface area (Å²) in [6.07, 6.45) is 0. The second kappa shape index (κ2) is 5.06. The van der Waals surface area contributed by atoms with Crippen molar-refractivity contribution in [3.8, 4) is 0 Å². The third-order valence-electron chi connectivity index (χ3n) is 3.52. The van der Waals surface area contributed by atoms with Crippen LogP contribution < -0.4 is 11.5 Å². The number of amides is 2. The van der Waals surface area contributed by atoms with E-state index in [9.17, 15) is 9.59 Å². The maximum absolute atomic E-state index is 12.3. The van der Waals surface area contributed by atoms with Crippen LogP contribution in [-0.4, -0.2) is 46.1 Å². The predicted molar refractivity (Wildman–Crippen MR) is 82.1 cm³/mol. The molecule has 0 bridgehead atoms. The molecule has 4 N–H and O–H groups in total. The van der Waals surface area contributed by atoms with Gasteiger partial charge in [-0.2, -0.15) is 10.1 Å². The highest BCUT2D eigenvalue weighted by Gasteiger charge is 2.38. The van der Waals surface area contributed by atoms with E-state index in [0.29, 0.717) is 11.1 Å². The van der Waals surface area contributed by atoms with Crippen LogP contribution in [0.3, 0.4) is 0 Å². The van der Waals surface area contributed by atoms with Crippen LogP contribution >= 0.6 is 0 Å². The van der Waals surface area contributed by atoms with Crippen LogP contribution in [0, 0.1) is 0 Å². The van der Waals surface area contributed by atoms with E-state index in [4.69, 9.17) is 16.3 Å². The molecular formula is C14H16N6O3. The molecule has 2 aliphatic rings. The van der Waals surface area contributed by atoms with Crippen molar-refractivity contribution in [2.45, 2.75) is 19.5 Å². The lowest BCUT2D eigenvalue weighted by atomic mass is 10.1. The van der Waals surface area contributed by atoms with Crippen LogP contribution in [0.2, 0.25) is 0 Å². The normalized spacial score (nSPS) is 19.6. The first-order chi connectivity index (χ1) is 10.8. The van der Waals surface area contributed by atoms with E-state index in [1.165, 1.54) is 5.06 Å². The molecule has 0 unspecified atom stereocenters. The minimum atomic E-state index is -0.908. The first-order valence-electron chi connectivity index (χ1n) is 6.89. The smallest absolute Gasteiger partial charge is 0.263 e. The Labute approximate surface area is 132 Å². The molecule has 23 heavy (non-hydrogen) atoms. The monoisotopic (exact) mass is 316 g/mol. The summed E-state index contributed by atoms with van der Waals surface area (Å²) in [5, 5.41) is 1.22. The maximum Gasteiger partial charge on any atom is 0.263 e. The number of rotatable bonds is 3. The highest BCUT2D eigenvalue weighted by Crippen LogP contribution is 2.24. The fourth-order valence-electron chi connectivity index (χ4n) is 2.49. The van der Waals surface area contributed by atoms with Crippen molar-refractivity contribution < 1.29 is 14.4 Å². The number of guanidine groups is 2. The Bertz CT molecular complexity index is 720. The Morgan fingerprint density at radius 3 is 2.22 bits per heavy atom. The van der Waals surface area contributed by atoms with E-state index in [2.05, 4.69) is 9.98 Å². The predicted octanol–water partition coefficient (Wildman–Crippen LogP) is -0.147.